The Bertz CT molecular complexity index is 297. The summed E-state index contributed by atoms with van der Waals surface area (Å²) in [5, 5.41) is 5.46. The van der Waals surface area contributed by atoms with E-state index in [1.54, 1.807) is 0 Å². The molecule has 1 heterocycles. The van der Waals surface area contributed by atoms with E-state index in [1.165, 1.54) is 15.6 Å². The summed E-state index contributed by atoms with van der Waals surface area (Å²) in [5.41, 5.74) is 0. The lowest BCUT2D eigenvalue weighted by Crippen LogP contribution is -2.21. The summed E-state index contributed by atoms with van der Waals surface area (Å²) in [7, 11) is 0. The molecule has 0 radical (unpaired) electrons. The Morgan fingerprint density at radius 1 is 1.44 bits per heavy atom. The first-order valence-electron chi connectivity index (χ1n) is 5.93. The predicted molar refractivity (Wildman–Crippen MR) is 75.5 cm³/mol. The number of aromatic nitrogens is 1. The van der Waals surface area contributed by atoms with E-state index in [4.69, 9.17) is 0 Å². The molecular formula is C12H22N2S2. The van der Waals surface area contributed by atoms with E-state index >= 15 is 0 Å². The van der Waals surface area contributed by atoms with Crippen molar-refractivity contribution in [3.63, 3.8) is 0 Å². The highest BCUT2D eigenvalue weighted by Crippen LogP contribution is 2.20. The van der Waals surface area contributed by atoms with Gasteiger partial charge in [-0.05, 0) is 18.6 Å². The van der Waals surface area contributed by atoms with Crippen LogP contribution in [0.2, 0.25) is 0 Å². The van der Waals surface area contributed by atoms with Crippen molar-refractivity contribution < 1.29 is 0 Å². The molecule has 1 unspecified atom stereocenters. The number of thiazole rings is 1. The van der Waals surface area contributed by atoms with E-state index in [0.29, 0.717) is 6.04 Å². The van der Waals surface area contributed by atoms with Gasteiger partial charge in [-0.15, -0.1) is 11.3 Å². The van der Waals surface area contributed by atoms with Gasteiger partial charge in [-0.25, -0.2) is 4.98 Å². The van der Waals surface area contributed by atoms with E-state index < -0.39 is 0 Å². The number of rotatable bonds is 7. The van der Waals surface area contributed by atoms with Crippen LogP contribution in [0.25, 0.3) is 0 Å². The first-order valence-corrected chi connectivity index (χ1v) is 7.79. The molecule has 1 aromatic heterocycles. The van der Waals surface area contributed by atoms with Crippen molar-refractivity contribution in [1.29, 1.82) is 0 Å². The fourth-order valence-corrected chi connectivity index (χ4v) is 2.93. The van der Waals surface area contributed by atoms with Crippen LogP contribution in [0.1, 0.15) is 43.6 Å². The first kappa shape index (κ1) is 14.0. The van der Waals surface area contributed by atoms with E-state index in [2.05, 4.69) is 38.0 Å². The van der Waals surface area contributed by atoms with E-state index in [9.17, 15) is 0 Å². The maximum atomic E-state index is 4.45. The average Bonchev–Trinajstić information content (AvgIpc) is 2.72. The molecule has 0 aromatic carbocycles. The second kappa shape index (κ2) is 7.30. The second-order valence-electron chi connectivity index (χ2n) is 4.11. The number of nitrogens with one attached hydrogen (secondary N) is 1. The van der Waals surface area contributed by atoms with Crippen molar-refractivity contribution >= 4 is 23.1 Å². The van der Waals surface area contributed by atoms with Gasteiger partial charge in [0.2, 0.25) is 0 Å². The molecule has 0 saturated carbocycles. The minimum atomic E-state index is 0.387. The molecule has 0 aliphatic rings. The number of aryl methyl sites for hydroxylation is 1. The summed E-state index contributed by atoms with van der Waals surface area (Å²) in [5.74, 6) is 1.17. The Balaban J connectivity index is 2.26. The van der Waals surface area contributed by atoms with Crippen LogP contribution in [0.4, 0.5) is 0 Å². The quantitative estimate of drug-likeness (QED) is 0.758. The third kappa shape index (κ3) is 4.85. The van der Waals surface area contributed by atoms with Gasteiger partial charge in [0, 0.05) is 23.4 Å². The van der Waals surface area contributed by atoms with Crippen molar-refractivity contribution in [2.45, 2.75) is 45.4 Å². The van der Waals surface area contributed by atoms with Crippen LogP contribution >= 0.6 is 23.1 Å². The van der Waals surface area contributed by atoms with Gasteiger partial charge in [-0.2, -0.15) is 11.8 Å². The molecule has 0 aliphatic heterocycles. The van der Waals surface area contributed by atoms with Crippen molar-refractivity contribution in [3.05, 3.63) is 16.1 Å². The third-order valence-electron chi connectivity index (χ3n) is 2.29. The van der Waals surface area contributed by atoms with Gasteiger partial charge in [0.15, 0.2) is 0 Å². The van der Waals surface area contributed by atoms with Crippen molar-refractivity contribution in [2.75, 3.05) is 12.3 Å². The Morgan fingerprint density at radius 3 is 2.75 bits per heavy atom. The molecule has 1 atom stereocenters. The molecule has 1 aromatic rings. The Morgan fingerprint density at radius 2 is 2.19 bits per heavy atom. The summed E-state index contributed by atoms with van der Waals surface area (Å²) in [6, 6.07) is 0.387. The molecule has 0 aliphatic carbocycles. The van der Waals surface area contributed by atoms with Gasteiger partial charge >= 0.3 is 0 Å². The largest absolute Gasteiger partial charge is 0.307 e. The zero-order valence-electron chi connectivity index (χ0n) is 10.6. The highest BCUT2D eigenvalue weighted by Gasteiger charge is 2.08. The van der Waals surface area contributed by atoms with Crippen molar-refractivity contribution in [3.8, 4) is 0 Å². The Labute approximate surface area is 107 Å². The smallest absolute Gasteiger partial charge is 0.109 e. The van der Waals surface area contributed by atoms with Crippen LogP contribution in [-0.4, -0.2) is 22.5 Å². The van der Waals surface area contributed by atoms with Crippen molar-refractivity contribution in [2.24, 2.45) is 0 Å². The number of thioether (sulfide) groups is 1. The van der Waals surface area contributed by atoms with Gasteiger partial charge in [0.05, 0.1) is 6.04 Å². The van der Waals surface area contributed by atoms with E-state index in [1.807, 2.05) is 29.3 Å². The molecule has 0 amide bonds. The topological polar surface area (TPSA) is 24.9 Å². The van der Waals surface area contributed by atoms with Crippen molar-refractivity contribution in [1.82, 2.24) is 10.3 Å². The summed E-state index contributed by atoms with van der Waals surface area (Å²) in [6.45, 7) is 9.91. The number of nitrogens with zero attached hydrogens (tertiary/aromatic N) is 1. The molecule has 16 heavy (non-hydrogen) atoms. The molecular weight excluding hydrogens is 236 g/mol. The lowest BCUT2D eigenvalue weighted by molar-refractivity contribution is 0.597. The van der Waals surface area contributed by atoms with Crippen LogP contribution in [0.5, 0.6) is 0 Å². The summed E-state index contributed by atoms with van der Waals surface area (Å²) in [6.07, 6.45) is 3.09. The van der Waals surface area contributed by atoms with Gasteiger partial charge in [-0.1, -0.05) is 20.8 Å². The molecule has 2 nitrogen and oxygen atoms in total. The number of hydrogen-bond donors (Lipinski definition) is 1. The number of hydrogen-bond acceptors (Lipinski definition) is 4. The molecule has 4 heteroatoms. The molecule has 1 N–H and O–H groups in total. The van der Waals surface area contributed by atoms with E-state index in [-0.39, 0.29) is 0 Å². The summed E-state index contributed by atoms with van der Waals surface area (Å²) < 4.78 is 0. The molecule has 0 fully saturated rings. The summed E-state index contributed by atoms with van der Waals surface area (Å²) >= 11 is 3.82. The van der Waals surface area contributed by atoms with Gasteiger partial charge in [0.25, 0.3) is 0 Å². The Kier molecular flexibility index (Phi) is 6.39. The lowest BCUT2D eigenvalue weighted by atomic mass is 10.3. The normalized spacial score (nSPS) is 13.3. The maximum absolute atomic E-state index is 4.45. The third-order valence-corrected chi connectivity index (χ3v) is 4.72. The summed E-state index contributed by atoms with van der Waals surface area (Å²) in [4.78, 5) is 5.83. The SMILES string of the molecule is CCc1cnc(C(C)NCCSC(C)C)s1. The van der Waals surface area contributed by atoms with Crippen LogP contribution in [0.3, 0.4) is 0 Å². The minimum absolute atomic E-state index is 0.387. The molecule has 92 valence electrons. The van der Waals surface area contributed by atoms with Gasteiger partial charge in [-0.3, -0.25) is 0 Å². The standard InChI is InChI=1S/C12H22N2S2/c1-5-11-8-14-12(16-11)10(4)13-6-7-15-9(2)3/h8-10,13H,5-7H2,1-4H3. The van der Waals surface area contributed by atoms with Crippen LogP contribution in [0, 0.1) is 0 Å². The maximum Gasteiger partial charge on any atom is 0.109 e. The second-order valence-corrected chi connectivity index (χ2v) is 6.94. The fraction of sp³-hybridized carbons (Fsp3) is 0.750. The zero-order valence-corrected chi connectivity index (χ0v) is 12.3. The lowest BCUT2D eigenvalue weighted by Gasteiger charge is -2.11. The molecule has 0 saturated heterocycles. The zero-order chi connectivity index (χ0) is 12.0. The van der Waals surface area contributed by atoms with E-state index in [0.717, 1.165) is 18.2 Å². The van der Waals surface area contributed by atoms with Crippen LogP contribution in [-0.2, 0) is 6.42 Å². The average molecular weight is 258 g/mol. The minimum Gasteiger partial charge on any atom is -0.307 e. The highest BCUT2D eigenvalue weighted by molar-refractivity contribution is 7.99. The van der Waals surface area contributed by atoms with Crippen LogP contribution < -0.4 is 5.32 Å². The first-order chi connectivity index (χ1) is 7.63. The predicted octanol–water partition coefficient (Wildman–Crippen LogP) is 3.50. The Hall–Kier alpha value is -0.0600. The monoisotopic (exact) mass is 258 g/mol. The highest BCUT2D eigenvalue weighted by atomic mass is 32.2. The molecule has 0 bridgehead atoms. The fourth-order valence-electron chi connectivity index (χ4n) is 1.34. The molecule has 0 spiro atoms. The van der Waals surface area contributed by atoms with Crippen LogP contribution in [0.15, 0.2) is 6.20 Å². The van der Waals surface area contributed by atoms with Gasteiger partial charge in [0.1, 0.15) is 5.01 Å². The van der Waals surface area contributed by atoms with Gasteiger partial charge < -0.3 is 5.32 Å². The molecule has 1 rings (SSSR count).